The fourth-order valence-corrected chi connectivity index (χ4v) is 2.43. The molecule has 0 aliphatic carbocycles. The van der Waals surface area contributed by atoms with Crippen LogP contribution in [0.15, 0.2) is 42.5 Å². The van der Waals surface area contributed by atoms with E-state index >= 15 is 0 Å². The summed E-state index contributed by atoms with van der Waals surface area (Å²) in [6.45, 7) is 3.40. The Morgan fingerprint density at radius 1 is 1.12 bits per heavy atom. The van der Waals surface area contributed by atoms with Gasteiger partial charge in [-0.15, -0.1) is 0 Å². The normalized spacial score (nSPS) is 10.4. The molecular formula is C19H19F2NO3. The first-order chi connectivity index (χ1) is 11.9. The SMILES string of the molecule is CCOC(=O)CN(C(=O)Cc1ccc(F)cc1F)c1ccccc1C. The van der Waals surface area contributed by atoms with Gasteiger partial charge in [0, 0.05) is 11.8 Å². The van der Waals surface area contributed by atoms with Crippen LogP contribution in [0.2, 0.25) is 0 Å². The molecule has 6 heteroatoms. The van der Waals surface area contributed by atoms with Crippen molar-refractivity contribution in [1.82, 2.24) is 0 Å². The van der Waals surface area contributed by atoms with Crippen molar-refractivity contribution < 1.29 is 23.1 Å². The van der Waals surface area contributed by atoms with Crippen molar-refractivity contribution in [2.24, 2.45) is 0 Å². The fraction of sp³-hybridized carbons (Fsp3) is 0.263. The van der Waals surface area contributed by atoms with Gasteiger partial charge in [0.1, 0.15) is 18.2 Å². The quantitative estimate of drug-likeness (QED) is 0.753. The van der Waals surface area contributed by atoms with E-state index in [0.717, 1.165) is 17.7 Å². The Morgan fingerprint density at radius 3 is 2.48 bits per heavy atom. The molecule has 2 rings (SSSR count). The first-order valence-corrected chi connectivity index (χ1v) is 7.88. The second-order valence-corrected chi connectivity index (χ2v) is 5.48. The van der Waals surface area contributed by atoms with Crippen LogP contribution in [-0.4, -0.2) is 25.0 Å². The van der Waals surface area contributed by atoms with Crippen LogP contribution in [0.25, 0.3) is 0 Å². The van der Waals surface area contributed by atoms with Gasteiger partial charge in [-0.1, -0.05) is 24.3 Å². The third-order valence-corrected chi connectivity index (χ3v) is 3.66. The summed E-state index contributed by atoms with van der Waals surface area (Å²) < 4.78 is 31.8. The second-order valence-electron chi connectivity index (χ2n) is 5.48. The lowest BCUT2D eigenvalue weighted by Gasteiger charge is -2.23. The summed E-state index contributed by atoms with van der Waals surface area (Å²) in [6.07, 6.45) is -0.292. The van der Waals surface area contributed by atoms with Crippen LogP contribution in [0.4, 0.5) is 14.5 Å². The van der Waals surface area contributed by atoms with Gasteiger partial charge in [0.05, 0.1) is 13.0 Å². The molecule has 0 saturated heterocycles. The van der Waals surface area contributed by atoms with Crippen LogP contribution < -0.4 is 4.90 Å². The number of carbonyl (C=O) groups is 2. The minimum Gasteiger partial charge on any atom is -0.465 e. The number of hydrogen-bond donors (Lipinski definition) is 0. The summed E-state index contributed by atoms with van der Waals surface area (Å²) in [7, 11) is 0. The summed E-state index contributed by atoms with van der Waals surface area (Å²) in [5, 5.41) is 0. The zero-order chi connectivity index (χ0) is 18.4. The molecule has 4 nitrogen and oxygen atoms in total. The minimum absolute atomic E-state index is 0.0637. The summed E-state index contributed by atoms with van der Waals surface area (Å²) in [5.74, 6) is -2.54. The van der Waals surface area contributed by atoms with Crippen molar-refractivity contribution in [2.75, 3.05) is 18.1 Å². The predicted molar refractivity (Wildman–Crippen MR) is 90.2 cm³/mol. The maximum atomic E-state index is 13.8. The molecule has 0 spiro atoms. The number of aryl methyl sites for hydroxylation is 1. The van der Waals surface area contributed by atoms with E-state index in [4.69, 9.17) is 4.74 Å². The number of rotatable bonds is 6. The second kappa shape index (κ2) is 8.37. The van der Waals surface area contributed by atoms with Crippen LogP contribution in [0.3, 0.4) is 0 Å². The van der Waals surface area contributed by atoms with Gasteiger partial charge in [-0.25, -0.2) is 8.78 Å². The van der Waals surface area contributed by atoms with Crippen molar-refractivity contribution in [3.8, 4) is 0 Å². The van der Waals surface area contributed by atoms with Crippen LogP contribution in [0.1, 0.15) is 18.1 Å². The highest BCUT2D eigenvalue weighted by atomic mass is 19.1. The van der Waals surface area contributed by atoms with Crippen molar-refractivity contribution in [3.05, 3.63) is 65.2 Å². The first kappa shape index (κ1) is 18.6. The number of para-hydroxylation sites is 1. The lowest BCUT2D eigenvalue weighted by atomic mass is 10.1. The van der Waals surface area contributed by atoms with Gasteiger partial charge in [-0.2, -0.15) is 0 Å². The Kier molecular flexibility index (Phi) is 6.22. The van der Waals surface area contributed by atoms with Gasteiger partial charge < -0.3 is 9.64 Å². The molecule has 1 amide bonds. The number of halogens is 2. The molecule has 0 heterocycles. The zero-order valence-electron chi connectivity index (χ0n) is 14.1. The molecule has 2 aromatic rings. The molecule has 0 aromatic heterocycles. The van der Waals surface area contributed by atoms with Crippen molar-refractivity contribution in [1.29, 1.82) is 0 Å². The third kappa shape index (κ3) is 4.86. The molecule has 0 fully saturated rings. The highest BCUT2D eigenvalue weighted by Gasteiger charge is 2.22. The van der Waals surface area contributed by atoms with Crippen molar-refractivity contribution in [3.63, 3.8) is 0 Å². The van der Waals surface area contributed by atoms with Crippen LogP contribution in [-0.2, 0) is 20.7 Å². The molecule has 25 heavy (non-hydrogen) atoms. The molecule has 0 radical (unpaired) electrons. The molecule has 0 N–H and O–H groups in total. The summed E-state index contributed by atoms with van der Waals surface area (Å²) >= 11 is 0. The first-order valence-electron chi connectivity index (χ1n) is 7.88. The predicted octanol–water partition coefficient (Wildman–Crippen LogP) is 3.41. The number of ether oxygens (including phenoxy) is 1. The molecule has 0 unspecified atom stereocenters. The smallest absolute Gasteiger partial charge is 0.326 e. The molecule has 0 aliphatic rings. The topological polar surface area (TPSA) is 46.6 Å². The average Bonchev–Trinajstić information content (AvgIpc) is 2.56. The number of nitrogens with zero attached hydrogens (tertiary/aromatic N) is 1. The van der Waals surface area contributed by atoms with Crippen LogP contribution in [0, 0.1) is 18.6 Å². The van der Waals surface area contributed by atoms with E-state index < -0.39 is 23.5 Å². The number of anilines is 1. The van der Waals surface area contributed by atoms with E-state index in [-0.39, 0.29) is 25.1 Å². The van der Waals surface area contributed by atoms with Gasteiger partial charge >= 0.3 is 5.97 Å². The molecule has 2 aromatic carbocycles. The van der Waals surface area contributed by atoms with Gasteiger partial charge in [-0.3, -0.25) is 9.59 Å². The lowest BCUT2D eigenvalue weighted by Crippen LogP contribution is -2.38. The van der Waals surface area contributed by atoms with E-state index in [9.17, 15) is 18.4 Å². The van der Waals surface area contributed by atoms with Crippen molar-refractivity contribution >= 4 is 17.6 Å². The molecule has 132 valence electrons. The maximum Gasteiger partial charge on any atom is 0.326 e. The molecule has 0 aliphatic heterocycles. The van der Waals surface area contributed by atoms with Crippen LogP contribution >= 0.6 is 0 Å². The minimum atomic E-state index is -0.797. The standard InChI is InChI=1S/C19H19F2NO3/c1-3-25-19(24)12-22(17-7-5-4-6-13(17)2)18(23)10-14-8-9-15(20)11-16(14)21/h4-9,11H,3,10,12H2,1-2H3. The molecule has 0 atom stereocenters. The Hall–Kier alpha value is -2.76. The molecule has 0 saturated carbocycles. The summed E-state index contributed by atoms with van der Waals surface area (Å²) in [6, 6.07) is 10.1. The maximum absolute atomic E-state index is 13.8. The fourth-order valence-electron chi connectivity index (χ4n) is 2.43. The third-order valence-electron chi connectivity index (χ3n) is 3.66. The number of amides is 1. The van der Waals surface area contributed by atoms with E-state index in [1.54, 1.807) is 32.0 Å². The Balaban J connectivity index is 2.29. The lowest BCUT2D eigenvalue weighted by molar-refractivity contribution is -0.142. The Labute approximate surface area is 145 Å². The monoisotopic (exact) mass is 347 g/mol. The highest BCUT2D eigenvalue weighted by Crippen LogP contribution is 2.21. The average molecular weight is 347 g/mol. The largest absolute Gasteiger partial charge is 0.465 e. The number of hydrogen-bond acceptors (Lipinski definition) is 3. The van der Waals surface area contributed by atoms with Gasteiger partial charge in [-0.05, 0) is 37.1 Å². The summed E-state index contributed by atoms with van der Waals surface area (Å²) in [4.78, 5) is 25.8. The molecular weight excluding hydrogens is 328 g/mol. The van der Waals surface area contributed by atoms with Gasteiger partial charge in [0.25, 0.3) is 0 Å². The number of esters is 1. The Morgan fingerprint density at radius 2 is 1.84 bits per heavy atom. The van der Waals surface area contributed by atoms with Gasteiger partial charge in [0.2, 0.25) is 5.91 Å². The summed E-state index contributed by atoms with van der Waals surface area (Å²) in [5.41, 5.74) is 1.40. The van der Waals surface area contributed by atoms with E-state index in [1.165, 1.54) is 11.0 Å². The van der Waals surface area contributed by atoms with E-state index in [0.29, 0.717) is 5.69 Å². The highest BCUT2D eigenvalue weighted by molar-refractivity contribution is 5.99. The van der Waals surface area contributed by atoms with Gasteiger partial charge in [0.15, 0.2) is 0 Å². The van der Waals surface area contributed by atoms with E-state index in [2.05, 4.69) is 0 Å². The zero-order valence-corrected chi connectivity index (χ0v) is 14.1. The number of carbonyl (C=O) groups excluding carboxylic acids is 2. The molecule has 0 bridgehead atoms. The van der Waals surface area contributed by atoms with E-state index in [1.807, 2.05) is 6.07 Å². The van der Waals surface area contributed by atoms with Crippen LogP contribution in [0.5, 0.6) is 0 Å². The van der Waals surface area contributed by atoms with Crippen molar-refractivity contribution in [2.45, 2.75) is 20.3 Å². The number of benzene rings is 2. The Bertz CT molecular complexity index is 777.